The van der Waals surface area contributed by atoms with Crippen LogP contribution in [0, 0.1) is 6.92 Å². The van der Waals surface area contributed by atoms with E-state index in [1.165, 1.54) is 11.0 Å². The Balaban J connectivity index is 1.44. The van der Waals surface area contributed by atoms with Crippen molar-refractivity contribution in [2.24, 2.45) is 0 Å². The molecule has 152 valence electrons. The van der Waals surface area contributed by atoms with Gasteiger partial charge in [-0.3, -0.25) is 14.4 Å². The summed E-state index contributed by atoms with van der Waals surface area (Å²) in [4.78, 5) is 41.0. The van der Waals surface area contributed by atoms with Crippen molar-refractivity contribution in [3.63, 3.8) is 0 Å². The van der Waals surface area contributed by atoms with Crippen molar-refractivity contribution in [2.45, 2.75) is 6.92 Å². The molecule has 2 aliphatic heterocycles. The lowest BCUT2D eigenvalue weighted by Crippen LogP contribution is -2.29. The highest BCUT2D eigenvalue weighted by Gasteiger charge is 2.40. The van der Waals surface area contributed by atoms with Crippen LogP contribution >= 0.6 is 0 Å². The molecule has 0 aliphatic carbocycles. The van der Waals surface area contributed by atoms with Gasteiger partial charge >= 0.3 is 0 Å². The summed E-state index contributed by atoms with van der Waals surface area (Å²) in [6, 6.07) is 17.5. The molecule has 2 aliphatic rings. The van der Waals surface area contributed by atoms with Crippen LogP contribution in [0.4, 0.5) is 5.69 Å². The van der Waals surface area contributed by atoms with Crippen LogP contribution in [-0.2, 0) is 0 Å². The van der Waals surface area contributed by atoms with Crippen LogP contribution < -0.4 is 9.64 Å². The Kier molecular flexibility index (Phi) is 4.05. The van der Waals surface area contributed by atoms with Crippen molar-refractivity contribution in [1.82, 2.24) is 4.90 Å². The van der Waals surface area contributed by atoms with E-state index in [9.17, 15) is 14.4 Å². The van der Waals surface area contributed by atoms with Crippen molar-refractivity contribution in [3.8, 4) is 11.5 Å². The molecule has 0 aromatic heterocycles. The number of fused-ring (bicyclic) bond motifs is 2. The third kappa shape index (κ3) is 2.84. The van der Waals surface area contributed by atoms with Gasteiger partial charge in [0.25, 0.3) is 17.7 Å². The highest BCUT2D eigenvalue weighted by molar-refractivity contribution is 6.35. The van der Waals surface area contributed by atoms with Gasteiger partial charge in [0.1, 0.15) is 11.5 Å². The average Bonchev–Trinajstić information content (AvgIpc) is 3.14. The van der Waals surface area contributed by atoms with E-state index in [1.54, 1.807) is 37.4 Å². The Bertz CT molecular complexity index is 1240. The van der Waals surface area contributed by atoms with Gasteiger partial charge in [-0.1, -0.05) is 24.3 Å². The zero-order chi connectivity index (χ0) is 21.9. The molecule has 3 aromatic carbocycles. The minimum Gasteiger partial charge on any atom is -0.457 e. The topological polar surface area (TPSA) is 66.9 Å². The number of anilines is 1. The van der Waals surface area contributed by atoms with Gasteiger partial charge in [-0.25, -0.2) is 4.90 Å². The van der Waals surface area contributed by atoms with Crippen LogP contribution in [0.3, 0.4) is 0 Å². The van der Waals surface area contributed by atoms with Gasteiger partial charge in [-0.05, 0) is 55.5 Å². The number of nitrogens with zero attached hydrogens (tertiary/aromatic N) is 2. The first-order valence-corrected chi connectivity index (χ1v) is 9.74. The highest BCUT2D eigenvalue weighted by atomic mass is 16.5. The molecule has 31 heavy (non-hydrogen) atoms. The number of carbonyl (C=O) groups excluding carboxylic acids is 3. The van der Waals surface area contributed by atoms with Crippen LogP contribution in [0.1, 0.15) is 42.2 Å². The van der Waals surface area contributed by atoms with Gasteiger partial charge in [0.15, 0.2) is 0 Å². The molecule has 0 bridgehead atoms. The second-order valence-electron chi connectivity index (χ2n) is 7.61. The summed E-state index contributed by atoms with van der Waals surface area (Å²) in [6.07, 6.45) is 0. The van der Waals surface area contributed by atoms with Crippen LogP contribution in [0.15, 0.2) is 67.2 Å². The fraction of sp³-hybridized carbons (Fsp3) is 0.0800. The first kappa shape index (κ1) is 18.8. The number of aryl methyl sites for hydroxylation is 1. The molecular weight excluding hydrogens is 392 g/mol. The maximum Gasteiger partial charge on any atom is 0.266 e. The lowest BCUT2D eigenvalue weighted by Gasteiger charge is -2.14. The summed E-state index contributed by atoms with van der Waals surface area (Å²) in [5.74, 6) is 0.170. The molecule has 0 saturated carbocycles. The molecule has 0 unspecified atom stereocenters. The smallest absolute Gasteiger partial charge is 0.266 e. The normalized spacial score (nSPS) is 14.9. The van der Waals surface area contributed by atoms with E-state index in [0.717, 1.165) is 10.5 Å². The SMILES string of the molecule is C=C1c2cc3c(cc2C(=O)N1C)C(=O)N(c1ccc(Oc2ccc(C)cc2)cc1)C3=O. The maximum atomic E-state index is 13.0. The molecule has 2 heterocycles. The van der Waals surface area contributed by atoms with Crippen molar-refractivity contribution < 1.29 is 19.1 Å². The van der Waals surface area contributed by atoms with E-state index in [1.807, 2.05) is 31.2 Å². The van der Waals surface area contributed by atoms with Crippen LogP contribution in [-0.4, -0.2) is 29.7 Å². The summed E-state index contributed by atoms with van der Waals surface area (Å²) in [5.41, 5.74) is 3.54. The summed E-state index contributed by atoms with van der Waals surface area (Å²) in [5, 5.41) is 0. The summed E-state index contributed by atoms with van der Waals surface area (Å²) >= 11 is 0. The van der Waals surface area contributed by atoms with Gasteiger partial charge in [0.2, 0.25) is 0 Å². The quantitative estimate of drug-likeness (QED) is 0.590. The molecule has 6 nitrogen and oxygen atoms in total. The van der Waals surface area contributed by atoms with Crippen LogP contribution in [0.2, 0.25) is 0 Å². The standard InChI is InChI=1S/C25H18N2O4/c1-14-4-8-17(9-5-14)31-18-10-6-16(7-11-18)27-24(29)21-12-19-15(2)26(3)23(28)20(19)13-22(21)25(27)30/h4-13H,2H2,1,3H3. The van der Waals surface area contributed by atoms with Gasteiger partial charge in [-0.2, -0.15) is 0 Å². The molecule has 6 heteroatoms. The van der Waals surface area contributed by atoms with Crippen molar-refractivity contribution in [2.75, 3.05) is 11.9 Å². The minimum atomic E-state index is -0.456. The minimum absolute atomic E-state index is 0.222. The number of amides is 3. The fourth-order valence-corrected chi connectivity index (χ4v) is 3.83. The maximum absolute atomic E-state index is 13.0. The molecule has 0 spiro atoms. The van der Waals surface area contributed by atoms with Gasteiger partial charge in [0.05, 0.1) is 22.4 Å². The molecule has 0 saturated heterocycles. The molecule has 0 N–H and O–H groups in total. The van der Waals surface area contributed by atoms with Crippen LogP contribution in [0.25, 0.3) is 5.70 Å². The summed E-state index contributed by atoms with van der Waals surface area (Å²) in [7, 11) is 1.62. The van der Waals surface area contributed by atoms with Gasteiger partial charge in [-0.15, -0.1) is 0 Å². The van der Waals surface area contributed by atoms with E-state index in [-0.39, 0.29) is 17.0 Å². The molecule has 3 amide bonds. The third-order valence-electron chi connectivity index (χ3n) is 5.63. The Hall–Kier alpha value is -4.19. The number of ether oxygens (including phenoxy) is 1. The fourth-order valence-electron chi connectivity index (χ4n) is 3.83. The third-order valence-corrected chi connectivity index (χ3v) is 5.63. The Labute approximate surface area is 179 Å². The van der Waals surface area contributed by atoms with E-state index in [0.29, 0.717) is 34.0 Å². The summed E-state index contributed by atoms with van der Waals surface area (Å²) in [6.45, 7) is 5.90. The zero-order valence-electron chi connectivity index (χ0n) is 17.0. The lowest BCUT2D eigenvalue weighted by molar-refractivity contribution is 0.0873. The van der Waals surface area contributed by atoms with Gasteiger partial charge in [0, 0.05) is 18.3 Å². The van der Waals surface area contributed by atoms with Gasteiger partial charge < -0.3 is 9.64 Å². The lowest BCUT2D eigenvalue weighted by atomic mass is 10.0. The first-order chi connectivity index (χ1) is 14.8. The molecule has 3 aromatic rings. The highest BCUT2D eigenvalue weighted by Crippen LogP contribution is 2.37. The zero-order valence-corrected chi connectivity index (χ0v) is 17.0. The van der Waals surface area contributed by atoms with E-state index >= 15 is 0 Å². The average molecular weight is 410 g/mol. The monoisotopic (exact) mass is 410 g/mol. The number of rotatable bonds is 3. The van der Waals surface area contributed by atoms with Crippen molar-refractivity contribution in [3.05, 3.63) is 95.1 Å². The number of hydrogen-bond acceptors (Lipinski definition) is 4. The van der Waals surface area contributed by atoms with E-state index in [4.69, 9.17) is 4.74 Å². The summed E-state index contributed by atoms with van der Waals surface area (Å²) < 4.78 is 5.81. The number of hydrogen-bond donors (Lipinski definition) is 0. The molecule has 0 radical (unpaired) electrons. The first-order valence-electron chi connectivity index (χ1n) is 9.74. The molecular formula is C25H18N2O4. The van der Waals surface area contributed by atoms with Crippen molar-refractivity contribution in [1.29, 1.82) is 0 Å². The van der Waals surface area contributed by atoms with Crippen molar-refractivity contribution >= 4 is 29.1 Å². The number of benzene rings is 3. The molecule has 0 atom stereocenters. The Morgan fingerprint density at radius 2 is 1.19 bits per heavy atom. The second kappa shape index (κ2) is 6.67. The predicted molar refractivity (Wildman–Crippen MR) is 116 cm³/mol. The van der Waals surface area contributed by atoms with Crippen LogP contribution in [0.5, 0.6) is 11.5 Å². The predicted octanol–water partition coefficient (Wildman–Crippen LogP) is 4.64. The van der Waals surface area contributed by atoms with E-state index in [2.05, 4.69) is 6.58 Å². The van der Waals surface area contributed by atoms with E-state index < -0.39 is 11.8 Å². The largest absolute Gasteiger partial charge is 0.457 e. The second-order valence-corrected chi connectivity index (χ2v) is 7.61. The Morgan fingerprint density at radius 3 is 1.77 bits per heavy atom. The molecule has 0 fully saturated rings. The Morgan fingerprint density at radius 1 is 0.710 bits per heavy atom. The number of carbonyl (C=O) groups is 3. The number of imide groups is 1. The molecule has 5 rings (SSSR count).